The van der Waals surface area contributed by atoms with E-state index >= 15 is 0 Å². The second-order valence-electron chi connectivity index (χ2n) is 5.43. The zero-order valence-corrected chi connectivity index (χ0v) is 11.2. The molecule has 0 spiro atoms. The van der Waals surface area contributed by atoms with Crippen molar-refractivity contribution < 1.29 is 19.3 Å². The molecule has 0 amide bonds. The van der Waals surface area contributed by atoms with Crippen molar-refractivity contribution in [3.8, 4) is 5.75 Å². The molecule has 1 fully saturated rings. The fourth-order valence-corrected chi connectivity index (χ4v) is 2.51. The molecular formula is C15H21FO3. The number of hydrogen-bond acceptors (Lipinski definition) is 3. The van der Waals surface area contributed by atoms with E-state index in [1.54, 1.807) is 6.07 Å². The molecule has 1 aromatic rings. The average molecular weight is 268 g/mol. The second kappa shape index (κ2) is 5.88. The Morgan fingerprint density at radius 3 is 2.58 bits per heavy atom. The quantitative estimate of drug-likeness (QED) is 0.882. The van der Waals surface area contributed by atoms with E-state index in [-0.39, 0.29) is 12.2 Å². The first-order chi connectivity index (χ1) is 9.00. The van der Waals surface area contributed by atoms with Gasteiger partial charge in [-0.3, -0.25) is 0 Å². The van der Waals surface area contributed by atoms with Crippen molar-refractivity contribution in [1.82, 2.24) is 0 Å². The molecule has 0 heterocycles. The largest absolute Gasteiger partial charge is 0.490 e. The van der Waals surface area contributed by atoms with Gasteiger partial charge in [0.25, 0.3) is 0 Å². The third-order valence-corrected chi connectivity index (χ3v) is 3.71. The second-order valence-corrected chi connectivity index (χ2v) is 5.43. The number of benzene rings is 1. The van der Waals surface area contributed by atoms with Crippen LogP contribution in [0.2, 0.25) is 0 Å². The molecule has 2 N–H and O–H groups in total. The van der Waals surface area contributed by atoms with E-state index in [9.17, 15) is 14.6 Å². The Bertz CT molecular complexity index is 425. The molecule has 1 aromatic carbocycles. The first kappa shape index (κ1) is 14.3. The smallest absolute Gasteiger partial charge is 0.132 e. The van der Waals surface area contributed by atoms with E-state index in [0.29, 0.717) is 5.75 Å². The Morgan fingerprint density at radius 2 is 2.00 bits per heavy atom. The molecule has 2 rings (SSSR count). The molecule has 4 heteroatoms. The van der Waals surface area contributed by atoms with Gasteiger partial charge in [-0.2, -0.15) is 0 Å². The minimum atomic E-state index is -0.837. The summed E-state index contributed by atoms with van der Waals surface area (Å²) in [6.07, 6.45) is 3.81. The molecule has 106 valence electrons. The van der Waals surface area contributed by atoms with Gasteiger partial charge in [0.05, 0.1) is 11.7 Å². The average Bonchev–Trinajstić information content (AvgIpc) is 2.37. The first-order valence-electron chi connectivity index (χ1n) is 6.83. The van der Waals surface area contributed by atoms with Crippen molar-refractivity contribution >= 4 is 0 Å². The molecule has 3 nitrogen and oxygen atoms in total. The first-order valence-corrected chi connectivity index (χ1v) is 6.83. The van der Waals surface area contributed by atoms with Gasteiger partial charge in [0.1, 0.15) is 18.2 Å². The van der Waals surface area contributed by atoms with Gasteiger partial charge in [-0.05, 0) is 31.9 Å². The zero-order valence-electron chi connectivity index (χ0n) is 11.2. The highest BCUT2D eigenvalue weighted by Crippen LogP contribution is 2.29. The van der Waals surface area contributed by atoms with Gasteiger partial charge >= 0.3 is 0 Å². The SMILES string of the molecule is CC(O)c1ccc(OCC2(O)CCCCC2)cc1F. The Labute approximate surface area is 113 Å². The standard InChI is InChI=1S/C15H21FO3/c1-11(17)13-6-5-12(9-14(13)16)19-10-15(18)7-3-2-4-8-15/h5-6,9,11,17-18H,2-4,7-8,10H2,1H3. The van der Waals surface area contributed by atoms with Gasteiger partial charge in [-0.25, -0.2) is 4.39 Å². The number of rotatable bonds is 4. The molecule has 1 saturated carbocycles. The fourth-order valence-electron chi connectivity index (χ4n) is 2.51. The lowest BCUT2D eigenvalue weighted by atomic mass is 9.85. The van der Waals surface area contributed by atoms with Crippen molar-refractivity contribution in [3.63, 3.8) is 0 Å². The molecule has 0 saturated heterocycles. The van der Waals surface area contributed by atoms with Gasteiger partial charge in [0.2, 0.25) is 0 Å². The van der Waals surface area contributed by atoms with Crippen molar-refractivity contribution in [2.45, 2.75) is 50.7 Å². The summed E-state index contributed by atoms with van der Waals surface area (Å²) in [6, 6.07) is 4.39. The van der Waals surface area contributed by atoms with Crippen LogP contribution < -0.4 is 4.74 Å². The molecule has 0 radical (unpaired) electrons. The monoisotopic (exact) mass is 268 g/mol. The Morgan fingerprint density at radius 1 is 1.32 bits per heavy atom. The zero-order chi connectivity index (χ0) is 13.9. The summed E-state index contributed by atoms with van der Waals surface area (Å²) in [4.78, 5) is 0. The summed E-state index contributed by atoms with van der Waals surface area (Å²) in [6.45, 7) is 1.71. The van der Waals surface area contributed by atoms with Crippen LogP contribution in [0.25, 0.3) is 0 Å². The molecule has 0 aromatic heterocycles. The van der Waals surface area contributed by atoms with E-state index in [0.717, 1.165) is 32.1 Å². The topological polar surface area (TPSA) is 49.7 Å². The Balaban J connectivity index is 1.98. The lowest BCUT2D eigenvalue weighted by molar-refractivity contribution is -0.0339. The molecule has 0 aliphatic heterocycles. The highest BCUT2D eigenvalue weighted by molar-refractivity contribution is 5.30. The van der Waals surface area contributed by atoms with Crippen molar-refractivity contribution in [2.75, 3.05) is 6.61 Å². The summed E-state index contributed by atoms with van der Waals surface area (Å²) in [5.41, 5.74) is -0.527. The van der Waals surface area contributed by atoms with E-state index in [1.807, 2.05) is 0 Å². The van der Waals surface area contributed by atoms with Gasteiger partial charge in [-0.15, -0.1) is 0 Å². The van der Waals surface area contributed by atoms with Crippen molar-refractivity contribution in [3.05, 3.63) is 29.6 Å². The molecule has 1 atom stereocenters. The lowest BCUT2D eigenvalue weighted by Gasteiger charge is -2.31. The van der Waals surface area contributed by atoms with Crippen LogP contribution in [0.5, 0.6) is 5.75 Å². The molecule has 1 aliphatic carbocycles. The fraction of sp³-hybridized carbons (Fsp3) is 0.600. The number of hydrogen-bond donors (Lipinski definition) is 2. The predicted octanol–water partition coefficient (Wildman–Crippen LogP) is 2.95. The maximum Gasteiger partial charge on any atom is 0.132 e. The summed E-state index contributed by atoms with van der Waals surface area (Å²) >= 11 is 0. The number of aliphatic hydroxyl groups is 2. The van der Waals surface area contributed by atoms with Crippen molar-refractivity contribution in [1.29, 1.82) is 0 Å². The summed E-state index contributed by atoms with van der Waals surface area (Å²) < 4.78 is 19.2. The molecule has 19 heavy (non-hydrogen) atoms. The van der Waals surface area contributed by atoms with Crippen LogP contribution in [0.3, 0.4) is 0 Å². The number of halogens is 1. The van der Waals surface area contributed by atoms with Crippen LogP contribution in [-0.4, -0.2) is 22.4 Å². The van der Waals surface area contributed by atoms with Gasteiger partial charge < -0.3 is 14.9 Å². The van der Waals surface area contributed by atoms with Crippen molar-refractivity contribution in [2.24, 2.45) is 0 Å². The third kappa shape index (κ3) is 3.67. The van der Waals surface area contributed by atoms with E-state index in [1.165, 1.54) is 19.1 Å². The minimum absolute atomic E-state index is 0.195. The Hall–Kier alpha value is -1.13. The van der Waals surface area contributed by atoms with Crippen LogP contribution >= 0.6 is 0 Å². The minimum Gasteiger partial charge on any atom is -0.490 e. The van der Waals surface area contributed by atoms with E-state index in [4.69, 9.17) is 4.74 Å². The van der Waals surface area contributed by atoms with E-state index in [2.05, 4.69) is 0 Å². The maximum absolute atomic E-state index is 13.7. The van der Waals surface area contributed by atoms with E-state index < -0.39 is 17.5 Å². The molecular weight excluding hydrogens is 247 g/mol. The normalized spacial score (nSPS) is 20.0. The van der Waals surface area contributed by atoms with Crippen LogP contribution in [0, 0.1) is 5.82 Å². The maximum atomic E-state index is 13.7. The van der Waals surface area contributed by atoms with Crippen LogP contribution in [0.1, 0.15) is 50.7 Å². The molecule has 1 unspecified atom stereocenters. The summed E-state index contributed by atoms with van der Waals surface area (Å²) in [7, 11) is 0. The third-order valence-electron chi connectivity index (χ3n) is 3.71. The predicted molar refractivity (Wildman–Crippen MR) is 70.6 cm³/mol. The van der Waals surface area contributed by atoms with Crippen LogP contribution in [0.4, 0.5) is 4.39 Å². The summed E-state index contributed by atoms with van der Waals surface area (Å²) in [5.74, 6) is -0.0935. The number of aliphatic hydroxyl groups excluding tert-OH is 1. The number of ether oxygens (including phenoxy) is 1. The van der Waals surface area contributed by atoms with Crippen LogP contribution in [0.15, 0.2) is 18.2 Å². The highest BCUT2D eigenvalue weighted by atomic mass is 19.1. The van der Waals surface area contributed by atoms with Gasteiger partial charge in [0.15, 0.2) is 0 Å². The van der Waals surface area contributed by atoms with Gasteiger partial charge in [0, 0.05) is 11.6 Å². The lowest BCUT2D eigenvalue weighted by Crippen LogP contribution is -2.37. The van der Waals surface area contributed by atoms with Gasteiger partial charge in [-0.1, -0.05) is 19.3 Å². The molecule has 1 aliphatic rings. The summed E-state index contributed by atoms with van der Waals surface area (Å²) in [5, 5.41) is 19.6. The molecule has 0 bridgehead atoms. The van der Waals surface area contributed by atoms with Crippen LogP contribution in [-0.2, 0) is 0 Å². The Kier molecular flexibility index (Phi) is 4.42. The highest BCUT2D eigenvalue weighted by Gasteiger charge is 2.30.